The van der Waals surface area contributed by atoms with Crippen LogP contribution in [0.15, 0.2) is 4.52 Å². The van der Waals surface area contributed by atoms with Gasteiger partial charge in [0, 0.05) is 12.8 Å². The van der Waals surface area contributed by atoms with Gasteiger partial charge in [0.05, 0.1) is 0 Å². The van der Waals surface area contributed by atoms with E-state index < -0.39 is 0 Å². The second-order valence-electron chi connectivity index (χ2n) is 5.54. The van der Waals surface area contributed by atoms with Gasteiger partial charge in [-0.2, -0.15) is 4.98 Å². The fourth-order valence-corrected chi connectivity index (χ4v) is 2.80. The maximum absolute atomic E-state index is 5.11. The molecule has 0 spiro atoms. The summed E-state index contributed by atoms with van der Waals surface area (Å²) >= 11 is 0. The van der Waals surface area contributed by atoms with E-state index in [1.807, 2.05) is 6.92 Å². The Morgan fingerprint density at radius 1 is 1.00 bits per heavy atom. The van der Waals surface area contributed by atoms with E-state index in [0.717, 1.165) is 11.7 Å². The van der Waals surface area contributed by atoms with Crippen LogP contribution in [0.1, 0.15) is 75.9 Å². The van der Waals surface area contributed by atoms with Crippen LogP contribution in [0.3, 0.4) is 0 Å². The van der Waals surface area contributed by atoms with Crippen molar-refractivity contribution in [1.29, 1.82) is 0 Å². The van der Waals surface area contributed by atoms with Gasteiger partial charge in [0.1, 0.15) is 0 Å². The Hall–Kier alpha value is -0.860. The van der Waals surface area contributed by atoms with Crippen LogP contribution < -0.4 is 0 Å². The minimum Gasteiger partial charge on any atom is -0.340 e. The standard InChI is InChI=1S/C14H24N2O/c1-11-7-4-3-5-9-13(10-6-8-11)14-15-12(2)17-16-14/h11,13H,3-10H2,1-2H3. The highest BCUT2D eigenvalue weighted by molar-refractivity contribution is 4.94. The van der Waals surface area contributed by atoms with Crippen molar-refractivity contribution in [2.24, 2.45) is 5.92 Å². The molecule has 0 aromatic carbocycles. The van der Waals surface area contributed by atoms with Gasteiger partial charge in [0.2, 0.25) is 5.89 Å². The Morgan fingerprint density at radius 2 is 1.71 bits per heavy atom. The van der Waals surface area contributed by atoms with Crippen molar-refractivity contribution in [2.75, 3.05) is 0 Å². The molecule has 1 aromatic heterocycles. The van der Waals surface area contributed by atoms with Crippen LogP contribution in [0.25, 0.3) is 0 Å². The fraction of sp³-hybridized carbons (Fsp3) is 0.857. The molecule has 2 atom stereocenters. The molecule has 1 heterocycles. The van der Waals surface area contributed by atoms with Gasteiger partial charge >= 0.3 is 0 Å². The summed E-state index contributed by atoms with van der Waals surface area (Å²) in [6.45, 7) is 4.26. The maximum Gasteiger partial charge on any atom is 0.223 e. The van der Waals surface area contributed by atoms with Crippen molar-refractivity contribution in [3.8, 4) is 0 Å². The molecule has 0 saturated heterocycles. The van der Waals surface area contributed by atoms with Crippen molar-refractivity contribution >= 4 is 0 Å². The molecule has 0 amide bonds. The molecule has 0 aliphatic heterocycles. The summed E-state index contributed by atoms with van der Waals surface area (Å²) in [7, 11) is 0. The first-order valence-electron chi connectivity index (χ1n) is 7.06. The fourth-order valence-electron chi connectivity index (χ4n) is 2.80. The van der Waals surface area contributed by atoms with Crippen molar-refractivity contribution in [3.05, 3.63) is 11.7 Å². The van der Waals surface area contributed by atoms with Gasteiger partial charge in [0.25, 0.3) is 0 Å². The second kappa shape index (κ2) is 6.18. The molecular weight excluding hydrogens is 212 g/mol. The number of nitrogens with zero attached hydrogens (tertiary/aromatic N) is 2. The van der Waals surface area contributed by atoms with E-state index in [-0.39, 0.29) is 0 Å². The molecule has 3 nitrogen and oxygen atoms in total. The zero-order valence-electron chi connectivity index (χ0n) is 11.1. The lowest BCUT2D eigenvalue weighted by atomic mass is 9.88. The normalized spacial score (nSPS) is 27.9. The third kappa shape index (κ3) is 3.83. The lowest BCUT2D eigenvalue weighted by molar-refractivity contribution is 0.363. The molecular formula is C14H24N2O. The summed E-state index contributed by atoms with van der Waals surface area (Å²) in [6.07, 6.45) is 10.6. The largest absolute Gasteiger partial charge is 0.340 e. The van der Waals surface area contributed by atoms with Crippen LogP contribution >= 0.6 is 0 Å². The Morgan fingerprint density at radius 3 is 2.47 bits per heavy atom. The first kappa shape index (κ1) is 12.6. The quantitative estimate of drug-likeness (QED) is 0.732. The van der Waals surface area contributed by atoms with E-state index in [4.69, 9.17) is 4.52 Å². The topological polar surface area (TPSA) is 38.9 Å². The van der Waals surface area contributed by atoms with Crippen molar-refractivity contribution in [1.82, 2.24) is 10.1 Å². The van der Waals surface area contributed by atoms with E-state index in [2.05, 4.69) is 17.1 Å². The summed E-state index contributed by atoms with van der Waals surface area (Å²) in [5.41, 5.74) is 0. The predicted molar refractivity (Wildman–Crippen MR) is 67.9 cm³/mol. The van der Waals surface area contributed by atoms with E-state index in [0.29, 0.717) is 11.8 Å². The average molecular weight is 236 g/mol. The van der Waals surface area contributed by atoms with E-state index in [1.54, 1.807) is 0 Å². The molecule has 1 aliphatic rings. The summed E-state index contributed by atoms with van der Waals surface area (Å²) in [4.78, 5) is 4.40. The predicted octanol–water partition coefficient (Wildman–Crippen LogP) is 4.23. The Labute approximate surface area is 104 Å². The Balaban J connectivity index is 1.95. The monoisotopic (exact) mass is 236 g/mol. The SMILES string of the molecule is Cc1nc(C2CCCCCC(C)CCC2)no1. The highest BCUT2D eigenvalue weighted by Crippen LogP contribution is 2.29. The molecule has 0 radical (unpaired) electrons. The number of hydrogen-bond acceptors (Lipinski definition) is 3. The molecule has 96 valence electrons. The van der Waals surface area contributed by atoms with E-state index >= 15 is 0 Å². The van der Waals surface area contributed by atoms with Crippen LogP contribution in [0.5, 0.6) is 0 Å². The molecule has 2 rings (SSSR count). The van der Waals surface area contributed by atoms with Crippen LogP contribution in [0, 0.1) is 12.8 Å². The molecule has 1 saturated carbocycles. The highest BCUT2D eigenvalue weighted by Gasteiger charge is 2.18. The van der Waals surface area contributed by atoms with Crippen LogP contribution in [0.4, 0.5) is 0 Å². The molecule has 3 heteroatoms. The summed E-state index contributed by atoms with van der Waals surface area (Å²) in [6, 6.07) is 0. The van der Waals surface area contributed by atoms with Crippen molar-refractivity contribution in [3.63, 3.8) is 0 Å². The Kier molecular flexibility index (Phi) is 4.57. The van der Waals surface area contributed by atoms with Gasteiger partial charge in [-0.05, 0) is 18.8 Å². The maximum atomic E-state index is 5.11. The third-order valence-electron chi connectivity index (χ3n) is 3.91. The van der Waals surface area contributed by atoms with Crippen LogP contribution in [0.2, 0.25) is 0 Å². The Bertz CT molecular complexity index is 335. The molecule has 1 aliphatic carbocycles. The lowest BCUT2D eigenvalue weighted by Crippen LogP contribution is -2.05. The van der Waals surface area contributed by atoms with Gasteiger partial charge in [-0.1, -0.05) is 50.6 Å². The summed E-state index contributed by atoms with van der Waals surface area (Å²) in [5.74, 6) is 3.06. The number of rotatable bonds is 1. The van der Waals surface area contributed by atoms with Gasteiger partial charge in [-0.3, -0.25) is 0 Å². The van der Waals surface area contributed by atoms with E-state index in [9.17, 15) is 0 Å². The van der Waals surface area contributed by atoms with Gasteiger partial charge in [0.15, 0.2) is 5.82 Å². The minimum absolute atomic E-state index is 0.526. The summed E-state index contributed by atoms with van der Waals surface area (Å²) in [5, 5.41) is 4.10. The number of aromatic nitrogens is 2. The highest BCUT2D eigenvalue weighted by atomic mass is 16.5. The van der Waals surface area contributed by atoms with Crippen LogP contribution in [-0.4, -0.2) is 10.1 Å². The van der Waals surface area contributed by atoms with E-state index in [1.165, 1.54) is 51.4 Å². The number of aryl methyl sites for hydroxylation is 1. The smallest absolute Gasteiger partial charge is 0.223 e. The first-order chi connectivity index (χ1) is 8.25. The average Bonchev–Trinajstić information content (AvgIpc) is 2.73. The molecule has 0 N–H and O–H groups in total. The zero-order valence-corrected chi connectivity index (χ0v) is 11.1. The molecule has 1 fully saturated rings. The minimum atomic E-state index is 0.526. The second-order valence-corrected chi connectivity index (χ2v) is 5.54. The molecule has 1 aromatic rings. The first-order valence-corrected chi connectivity index (χ1v) is 7.06. The van der Waals surface area contributed by atoms with Crippen molar-refractivity contribution < 1.29 is 4.52 Å². The summed E-state index contributed by atoms with van der Waals surface area (Å²) < 4.78 is 5.11. The van der Waals surface area contributed by atoms with Gasteiger partial charge in [-0.15, -0.1) is 0 Å². The van der Waals surface area contributed by atoms with Crippen LogP contribution in [-0.2, 0) is 0 Å². The third-order valence-corrected chi connectivity index (χ3v) is 3.91. The van der Waals surface area contributed by atoms with Gasteiger partial charge in [-0.25, -0.2) is 0 Å². The molecule has 0 bridgehead atoms. The molecule has 17 heavy (non-hydrogen) atoms. The zero-order chi connectivity index (χ0) is 12.1. The van der Waals surface area contributed by atoms with Gasteiger partial charge < -0.3 is 4.52 Å². The lowest BCUT2D eigenvalue weighted by Gasteiger charge is -2.18. The molecule has 2 unspecified atom stereocenters. The number of hydrogen-bond donors (Lipinski definition) is 0. The van der Waals surface area contributed by atoms with Crippen molar-refractivity contribution in [2.45, 2.75) is 71.1 Å².